The zero-order valence-corrected chi connectivity index (χ0v) is 12.6. The Balaban J connectivity index is 2.15. The van der Waals surface area contributed by atoms with Gasteiger partial charge in [-0.2, -0.15) is 0 Å². The Kier molecular flexibility index (Phi) is 4.61. The molecule has 0 aliphatic carbocycles. The summed E-state index contributed by atoms with van der Waals surface area (Å²) >= 11 is 3.40. The number of rotatable bonds is 5. The van der Waals surface area contributed by atoms with E-state index < -0.39 is 6.10 Å². The molecule has 1 N–H and O–H groups in total. The molecule has 0 unspecified atom stereocenters. The van der Waals surface area contributed by atoms with Crippen LogP contribution in [0.15, 0.2) is 35.2 Å². The number of hydrogen-bond donors (Lipinski definition) is 1. The van der Waals surface area contributed by atoms with Gasteiger partial charge in [0.2, 0.25) is 0 Å². The molecule has 0 saturated carbocycles. The van der Waals surface area contributed by atoms with Crippen LogP contribution < -0.4 is 4.74 Å². The first-order valence-corrected chi connectivity index (χ1v) is 7.00. The lowest BCUT2D eigenvalue weighted by Gasteiger charge is -2.14. The quantitative estimate of drug-likeness (QED) is 0.917. The van der Waals surface area contributed by atoms with E-state index in [1.165, 1.54) is 0 Å². The average molecular weight is 325 g/mol. The number of imidazole rings is 1. The highest BCUT2D eigenvalue weighted by molar-refractivity contribution is 9.10. The highest BCUT2D eigenvalue weighted by atomic mass is 79.9. The molecule has 4 nitrogen and oxygen atoms in total. The van der Waals surface area contributed by atoms with E-state index in [4.69, 9.17) is 4.74 Å². The Morgan fingerprint density at radius 2 is 2.26 bits per heavy atom. The molecular weight excluding hydrogens is 308 g/mol. The maximum absolute atomic E-state index is 9.77. The SMILES string of the molecule is CCn1cncc1COc1ccc(Br)cc1[C@H](C)O. The fraction of sp³-hybridized carbons (Fsp3) is 0.357. The molecule has 0 aliphatic heterocycles. The standard InChI is InChI=1S/C14H17BrN2O2/c1-3-17-9-16-7-12(17)8-19-14-5-4-11(15)6-13(14)10(2)18/h4-7,9-10,18H,3,8H2,1-2H3/t10-/m0/s1. The highest BCUT2D eigenvalue weighted by Crippen LogP contribution is 2.29. The van der Waals surface area contributed by atoms with E-state index in [2.05, 4.69) is 27.8 Å². The van der Waals surface area contributed by atoms with Gasteiger partial charge in [-0.15, -0.1) is 0 Å². The highest BCUT2D eigenvalue weighted by Gasteiger charge is 2.11. The number of aryl methyl sites for hydroxylation is 1. The third-order valence-electron chi connectivity index (χ3n) is 2.94. The molecule has 5 heteroatoms. The molecule has 102 valence electrons. The largest absolute Gasteiger partial charge is 0.487 e. The fourth-order valence-corrected chi connectivity index (χ4v) is 2.26. The summed E-state index contributed by atoms with van der Waals surface area (Å²) < 4.78 is 8.75. The van der Waals surface area contributed by atoms with Gasteiger partial charge in [-0.25, -0.2) is 4.98 Å². The van der Waals surface area contributed by atoms with Gasteiger partial charge in [-0.3, -0.25) is 0 Å². The van der Waals surface area contributed by atoms with Crippen LogP contribution in [0.1, 0.15) is 31.2 Å². The van der Waals surface area contributed by atoms with Crippen LogP contribution in [0.25, 0.3) is 0 Å². The van der Waals surface area contributed by atoms with Gasteiger partial charge in [0.15, 0.2) is 0 Å². The normalized spacial score (nSPS) is 12.4. The summed E-state index contributed by atoms with van der Waals surface area (Å²) in [7, 11) is 0. The van der Waals surface area contributed by atoms with Crippen molar-refractivity contribution >= 4 is 15.9 Å². The molecule has 1 heterocycles. The van der Waals surface area contributed by atoms with Crippen molar-refractivity contribution in [2.75, 3.05) is 0 Å². The molecule has 1 aromatic carbocycles. The van der Waals surface area contributed by atoms with E-state index in [0.29, 0.717) is 12.4 Å². The minimum Gasteiger partial charge on any atom is -0.487 e. The monoisotopic (exact) mass is 324 g/mol. The number of aromatic nitrogens is 2. The van der Waals surface area contributed by atoms with Crippen molar-refractivity contribution in [1.29, 1.82) is 0 Å². The lowest BCUT2D eigenvalue weighted by molar-refractivity contribution is 0.189. The van der Waals surface area contributed by atoms with Crippen LogP contribution in [-0.2, 0) is 13.2 Å². The molecular formula is C14H17BrN2O2. The molecule has 0 amide bonds. The Morgan fingerprint density at radius 3 is 2.95 bits per heavy atom. The summed E-state index contributed by atoms with van der Waals surface area (Å²) in [6.45, 7) is 5.09. The Hall–Kier alpha value is -1.33. The maximum atomic E-state index is 9.77. The summed E-state index contributed by atoms with van der Waals surface area (Å²) in [5.74, 6) is 0.696. The first kappa shape index (κ1) is 14.1. The van der Waals surface area contributed by atoms with E-state index in [9.17, 15) is 5.11 Å². The van der Waals surface area contributed by atoms with Crippen molar-refractivity contribution in [2.24, 2.45) is 0 Å². The third kappa shape index (κ3) is 3.36. The van der Waals surface area contributed by atoms with E-state index >= 15 is 0 Å². The predicted octanol–water partition coefficient (Wildman–Crippen LogP) is 3.30. The number of hydrogen-bond acceptors (Lipinski definition) is 3. The summed E-state index contributed by atoms with van der Waals surface area (Å²) in [5, 5.41) is 9.77. The number of benzene rings is 1. The zero-order valence-electron chi connectivity index (χ0n) is 11.0. The summed E-state index contributed by atoms with van der Waals surface area (Å²) in [6, 6.07) is 5.63. The Morgan fingerprint density at radius 1 is 1.47 bits per heavy atom. The smallest absolute Gasteiger partial charge is 0.130 e. The topological polar surface area (TPSA) is 47.3 Å². The predicted molar refractivity (Wildman–Crippen MR) is 77.0 cm³/mol. The third-order valence-corrected chi connectivity index (χ3v) is 3.43. The Bertz CT molecular complexity index is 552. The first-order valence-electron chi connectivity index (χ1n) is 6.21. The van der Waals surface area contributed by atoms with Crippen molar-refractivity contribution < 1.29 is 9.84 Å². The van der Waals surface area contributed by atoms with Crippen LogP contribution in [0.3, 0.4) is 0 Å². The molecule has 1 aromatic heterocycles. The summed E-state index contributed by atoms with van der Waals surface area (Å²) in [5.41, 5.74) is 1.79. The van der Waals surface area contributed by atoms with Crippen LogP contribution in [0.5, 0.6) is 5.75 Å². The summed E-state index contributed by atoms with van der Waals surface area (Å²) in [4.78, 5) is 4.10. The van der Waals surface area contributed by atoms with Gasteiger partial charge < -0.3 is 14.4 Å². The molecule has 0 bridgehead atoms. The van der Waals surface area contributed by atoms with Crippen LogP contribution >= 0.6 is 15.9 Å². The molecule has 1 atom stereocenters. The second-order valence-corrected chi connectivity index (χ2v) is 5.23. The van der Waals surface area contributed by atoms with Crippen molar-refractivity contribution in [1.82, 2.24) is 9.55 Å². The van der Waals surface area contributed by atoms with E-state index in [1.54, 1.807) is 19.4 Å². The van der Waals surface area contributed by atoms with Gasteiger partial charge in [0.25, 0.3) is 0 Å². The van der Waals surface area contributed by atoms with Gasteiger partial charge in [-0.1, -0.05) is 15.9 Å². The molecule has 0 radical (unpaired) electrons. The molecule has 0 fully saturated rings. The second kappa shape index (κ2) is 6.21. The van der Waals surface area contributed by atoms with Gasteiger partial charge in [0, 0.05) is 16.6 Å². The van der Waals surface area contributed by atoms with E-state index in [-0.39, 0.29) is 0 Å². The van der Waals surface area contributed by atoms with E-state index in [1.807, 2.05) is 22.8 Å². The van der Waals surface area contributed by atoms with Gasteiger partial charge in [-0.05, 0) is 32.0 Å². The lowest BCUT2D eigenvalue weighted by atomic mass is 10.1. The zero-order chi connectivity index (χ0) is 13.8. The van der Waals surface area contributed by atoms with Crippen LogP contribution in [-0.4, -0.2) is 14.7 Å². The second-order valence-electron chi connectivity index (χ2n) is 4.32. The summed E-state index contributed by atoms with van der Waals surface area (Å²) in [6.07, 6.45) is 3.02. The molecule has 0 saturated heterocycles. The lowest BCUT2D eigenvalue weighted by Crippen LogP contribution is -2.05. The van der Waals surface area contributed by atoms with Crippen molar-refractivity contribution in [3.63, 3.8) is 0 Å². The molecule has 0 spiro atoms. The van der Waals surface area contributed by atoms with Crippen molar-refractivity contribution in [3.05, 3.63) is 46.5 Å². The van der Waals surface area contributed by atoms with Gasteiger partial charge in [0.1, 0.15) is 12.4 Å². The van der Waals surface area contributed by atoms with Crippen molar-refractivity contribution in [2.45, 2.75) is 33.1 Å². The van der Waals surface area contributed by atoms with Crippen LogP contribution in [0.2, 0.25) is 0 Å². The minimum atomic E-state index is -0.566. The van der Waals surface area contributed by atoms with Crippen LogP contribution in [0.4, 0.5) is 0 Å². The number of halogens is 1. The van der Waals surface area contributed by atoms with Gasteiger partial charge >= 0.3 is 0 Å². The van der Waals surface area contributed by atoms with Gasteiger partial charge in [0.05, 0.1) is 24.3 Å². The number of aliphatic hydroxyl groups excluding tert-OH is 1. The number of ether oxygens (including phenoxy) is 1. The van der Waals surface area contributed by atoms with Crippen LogP contribution in [0, 0.1) is 0 Å². The number of nitrogens with zero attached hydrogens (tertiary/aromatic N) is 2. The first-order chi connectivity index (χ1) is 9.11. The molecule has 2 aromatic rings. The minimum absolute atomic E-state index is 0.440. The van der Waals surface area contributed by atoms with E-state index in [0.717, 1.165) is 22.3 Å². The fourth-order valence-electron chi connectivity index (χ4n) is 1.88. The van der Waals surface area contributed by atoms with Crippen molar-refractivity contribution in [3.8, 4) is 5.75 Å². The molecule has 0 aliphatic rings. The maximum Gasteiger partial charge on any atom is 0.130 e. The average Bonchev–Trinajstić information content (AvgIpc) is 2.84. The molecule has 2 rings (SSSR count). The molecule has 19 heavy (non-hydrogen) atoms. The Labute approximate surface area is 121 Å². The number of aliphatic hydroxyl groups is 1.